The third kappa shape index (κ3) is 2.40. The van der Waals surface area contributed by atoms with Crippen molar-refractivity contribution in [1.82, 2.24) is 0 Å². The minimum Gasteiger partial charge on any atom is -0.423 e. The highest BCUT2D eigenvalue weighted by atomic mass is 16.4. The Labute approximate surface area is 134 Å². The summed E-state index contributed by atoms with van der Waals surface area (Å²) < 4.78 is 0. The van der Waals surface area contributed by atoms with Gasteiger partial charge in [0.25, 0.3) is 0 Å². The van der Waals surface area contributed by atoms with Crippen molar-refractivity contribution in [3.63, 3.8) is 0 Å². The molecule has 0 unspecified atom stereocenters. The average molecular weight is 298 g/mol. The second-order valence-electron chi connectivity index (χ2n) is 5.69. The maximum Gasteiger partial charge on any atom is 0.489 e. The lowest BCUT2D eigenvalue weighted by atomic mass is 9.75. The van der Waals surface area contributed by atoms with Crippen LogP contribution in [-0.2, 0) is 0 Å². The van der Waals surface area contributed by atoms with Crippen LogP contribution in [0.1, 0.15) is 0 Å². The topological polar surface area (TPSA) is 40.5 Å². The van der Waals surface area contributed by atoms with Crippen LogP contribution in [0.5, 0.6) is 0 Å². The maximum absolute atomic E-state index is 9.71. The van der Waals surface area contributed by atoms with E-state index in [9.17, 15) is 10.0 Å². The fourth-order valence-corrected chi connectivity index (χ4v) is 3.15. The minimum atomic E-state index is -1.48. The fourth-order valence-electron chi connectivity index (χ4n) is 3.15. The summed E-state index contributed by atoms with van der Waals surface area (Å²) >= 11 is 0. The number of fused-ring (bicyclic) bond motifs is 2. The van der Waals surface area contributed by atoms with Gasteiger partial charge in [0.2, 0.25) is 0 Å². The number of hydrogen-bond acceptors (Lipinski definition) is 2. The van der Waals surface area contributed by atoms with Crippen LogP contribution in [0.4, 0.5) is 0 Å². The molecule has 0 aliphatic carbocycles. The molecular weight excluding hydrogens is 283 g/mol. The highest BCUT2D eigenvalue weighted by Crippen LogP contribution is 2.31. The molecule has 3 heteroatoms. The fraction of sp³-hybridized carbons (Fsp3) is 0. The first kappa shape index (κ1) is 14.0. The van der Waals surface area contributed by atoms with Gasteiger partial charge in [-0.25, -0.2) is 0 Å². The van der Waals surface area contributed by atoms with Gasteiger partial charge in [0.1, 0.15) is 0 Å². The zero-order valence-corrected chi connectivity index (χ0v) is 12.5. The van der Waals surface area contributed by atoms with Crippen molar-refractivity contribution in [1.29, 1.82) is 0 Å². The summed E-state index contributed by atoms with van der Waals surface area (Å²) in [6.45, 7) is 0. The lowest BCUT2D eigenvalue weighted by molar-refractivity contribution is 0.426. The van der Waals surface area contributed by atoms with Crippen LogP contribution >= 0.6 is 0 Å². The van der Waals surface area contributed by atoms with Gasteiger partial charge >= 0.3 is 7.12 Å². The van der Waals surface area contributed by atoms with E-state index in [0.717, 1.165) is 32.7 Å². The zero-order valence-electron chi connectivity index (χ0n) is 12.5. The Morgan fingerprint density at radius 1 is 0.609 bits per heavy atom. The molecule has 2 N–H and O–H groups in total. The van der Waals surface area contributed by atoms with E-state index in [2.05, 4.69) is 24.3 Å². The van der Waals surface area contributed by atoms with E-state index in [4.69, 9.17) is 0 Å². The molecule has 4 aromatic carbocycles. The highest BCUT2D eigenvalue weighted by molar-refractivity contribution is 6.62. The van der Waals surface area contributed by atoms with Crippen LogP contribution in [0.2, 0.25) is 0 Å². The third-order valence-electron chi connectivity index (χ3n) is 4.28. The summed E-state index contributed by atoms with van der Waals surface area (Å²) in [4.78, 5) is 0. The monoisotopic (exact) mass is 298 g/mol. The van der Waals surface area contributed by atoms with Gasteiger partial charge in [0.15, 0.2) is 0 Å². The molecule has 110 valence electrons. The van der Waals surface area contributed by atoms with E-state index in [1.165, 1.54) is 0 Å². The van der Waals surface area contributed by atoms with Crippen molar-refractivity contribution in [3.05, 3.63) is 78.9 Å². The Hall–Kier alpha value is -2.62. The molecule has 0 saturated heterocycles. The predicted octanol–water partition coefficient (Wildman–Crippen LogP) is 3.34. The molecule has 0 aliphatic heterocycles. The largest absolute Gasteiger partial charge is 0.489 e. The first-order valence-corrected chi connectivity index (χ1v) is 7.61. The minimum absolute atomic E-state index is 0.533. The molecule has 0 amide bonds. The van der Waals surface area contributed by atoms with Crippen LogP contribution in [0, 0.1) is 0 Å². The van der Waals surface area contributed by atoms with E-state index in [0.29, 0.717) is 5.46 Å². The Balaban J connectivity index is 2.12. The van der Waals surface area contributed by atoms with E-state index in [1.807, 2.05) is 48.5 Å². The molecule has 0 bridgehead atoms. The summed E-state index contributed by atoms with van der Waals surface area (Å²) in [5.74, 6) is 0. The first-order chi connectivity index (χ1) is 11.2. The standard InChI is InChI=1S/C20H15BO2/c22-21(23)20-11-10-17(14-6-2-1-3-7-14)18-12-15-8-4-5-9-16(15)13-19(18)20/h1-13,22-23H. The lowest BCUT2D eigenvalue weighted by Gasteiger charge is -2.13. The molecule has 23 heavy (non-hydrogen) atoms. The summed E-state index contributed by atoms with van der Waals surface area (Å²) in [5.41, 5.74) is 2.74. The molecule has 0 aromatic heterocycles. The first-order valence-electron chi connectivity index (χ1n) is 7.61. The molecule has 0 aliphatic rings. The van der Waals surface area contributed by atoms with Crippen LogP contribution in [0.25, 0.3) is 32.7 Å². The molecule has 4 aromatic rings. The second kappa shape index (κ2) is 5.54. The summed E-state index contributed by atoms with van der Waals surface area (Å²) in [7, 11) is -1.48. The van der Waals surface area contributed by atoms with Gasteiger partial charge in [-0.15, -0.1) is 0 Å². The molecule has 4 rings (SSSR count). The molecule has 0 saturated carbocycles. The van der Waals surface area contributed by atoms with Crippen molar-refractivity contribution >= 4 is 34.1 Å². The maximum atomic E-state index is 9.71. The Kier molecular flexibility index (Phi) is 3.38. The van der Waals surface area contributed by atoms with E-state index in [-0.39, 0.29) is 0 Å². The smallest absolute Gasteiger partial charge is 0.423 e. The zero-order chi connectivity index (χ0) is 15.8. The molecule has 0 spiro atoms. The number of benzene rings is 4. The van der Waals surface area contributed by atoms with Gasteiger partial charge in [0.05, 0.1) is 0 Å². The van der Waals surface area contributed by atoms with Crippen LogP contribution in [0.15, 0.2) is 78.9 Å². The van der Waals surface area contributed by atoms with Crippen LogP contribution in [-0.4, -0.2) is 17.2 Å². The third-order valence-corrected chi connectivity index (χ3v) is 4.28. The molecule has 0 heterocycles. The molecule has 0 atom stereocenters. The SMILES string of the molecule is OB(O)c1ccc(-c2ccccc2)c2cc3ccccc3cc12. The van der Waals surface area contributed by atoms with E-state index >= 15 is 0 Å². The van der Waals surface area contributed by atoms with Gasteiger partial charge in [-0.1, -0.05) is 66.7 Å². The van der Waals surface area contributed by atoms with Gasteiger partial charge < -0.3 is 10.0 Å². The quantitative estimate of drug-likeness (QED) is 0.440. The number of rotatable bonds is 2. The Bertz CT molecular complexity index is 994. The van der Waals surface area contributed by atoms with Gasteiger partial charge in [-0.3, -0.25) is 0 Å². The number of hydrogen-bond donors (Lipinski definition) is 2. The lowest BCUT2D eigenvalue weighted by Crippen LogP contribution is -2.30. The summed E-state index contributed by atoms with van der Waals surface area (Å²) in [6, 6.07) is 26.2. The summed E-state index contributed by atoms with van der Waals surface area (Å²) in [6.07, 6.45) is 0. The normalized spacial score (nSPS) is 11.0. The molecule has 0 radical (unpaired) electrons. The van der Waals surface area contributed by atoms with Crippen molar-refractivity contribution in [2.75, 3.05) is 0 Å². The van der Waals surface area contributed by atoms with Gasteiger partial charge in [-0.05, 0) is 50.3 Å². The highest BCUT2D eigenvalue weighted by Gasteiger charge is 2.17. The van der Waals surface area contributed by atoms with Crippen LogP contribution in [0.3, 0.4) is 0 Å². The van der Waals surface area contributed by atoms with Crippen molar-refractivity contribution in [2.45, 2.75) is 0 Å². The Morgan fingerprint density at radius 3 is 1.87 bits per heavy atom. The van der Waals surface area contributed by atoms with E-state index in [1.54, 1.807) is 6.07 Å². The molecular formula is C20H15BO2. The van der Waals surface area contributed by atoms with Crippen LogP contribution < -0.4 is 5.46 Å². The van der Waals surface area contributed by atoms with E-state index < -0.39 is 7.12 Å². The van der Waals surface area contributed by atoms with Crippen molar-refractivity contribution in [3.8, 4) is 11.1 Å². The molecule has 0 fully saturated rings. The Morgan fingerprint density at radius 2 is 1.22 bits per heavy atom. The van der Waals surface area contributed by atoms with Crippen molar-refractivity contribution < 1.29 is 10.0 Å². The second-order valence-corrected chi connectivity index (χ2v) is 5.69. The van der Waals surface area contributed by atoms with Gasteiger partial charge in [-0.2, -0.15) is 0 Å². The molecule has 2 nitrogen and oxygen atoms in total. The predicted molar refractivity (Wildman–Crippen MR) is 96.7 cm³/mol. The van der Waals surface area contributed by atoms with Crippen molar-refractivity contribution in [2.24, 2.45) is 0 Å². The average Bonchev–Trinajstić information content (AvgIpc) is 2.59. The van der Waals surface area contributed by atoms with Gasteiger partial charge in [0, 0.05) is 0 Å². The summed E-state index contributed by atoms with van der Waals surface area (Å²) in [5, 5.41) is 23.6.